The SMILES string of the molecule is c1cc(-c2ncc3oc4ccccc4c3n2)cc(-c2cccc3c2sc2ccccc23)c1. The summed E-state index contributed by atoms with van der Waals surface area (Å²) in [6.07, 6.45) is 1.77. The van der Waals surface area contributed by atoms with Crippen molar-refractivity contribution in [3.63, 3.8) is 0 Å². The van der Waals surface area contributed by atoms with Crippen LogP contribution < -0.4 is 0 Å². The van der Waals surface area contributed by atoms with Gasteiger partial charge in [-0.05, 0) is 35.4 Å². The van der Waals surface area contributed by atoms with Gasteiger partial charge >= 0.3 is 0 Å². The van der Waals surface area contributed by atoms with E-state index >= 15 is 0 Å². The van der Waals surface area contributed by atoms with Crippen molar-refractivity contribution in [1.82, 2.24) is 9.97 Å². The monoisotopic (exact) mass is 428 g/mol. The van der Waals surface area contributed by atoms with Crippen molar-refractivity contribution < 1.29 is 4.42 Å². The highest BCUT2D eigenvalue weighted by atomic mass is 32.1. The summed E-state index contributed by atoms with van der Waals surface area (Å²) in [5.41, 5.74) is 5.79. The molecule has 150 valence electrons. The maximum absolute atomic E-state index is 5.89. The first kappa shape index (κ1) is 17.6. The molecule has 0 aliphatic rings. The molecule has 4 aromatic carbocycles. The van der Waals surface area contributed by atoms with Crippen molar-refractivity contribution in [3.8, 4) is 22.5 Å². The van der Waals surface area contributed by atoms with Gasteiger partial charge in [-0.25, -0.2) is 9.97 Å². The van der Waals surface area contributed by atoms with Gasteiger partial charge in [0.05, 0.1) is 6.20 Å². The average molecular weight is 429 g/mol. The van der Waals surface area contributed by atoms with Gasteiger partial charge in [0, 0.05) is 31.1 Å². The highest BCUT2D eigenvalue weighted by Gasteiger charge is 2.13. The topological polar surface area (TPSA) is 38.9 Å². The Balaban J connectivity index is 1.41. The van der Waals surface area contributed by atoms with Crippen LogP contribution in [0.25, 0.3) is 64.8 Å². The average Bonchev–Trinajstić information content (AvgIpc) is 3.42. The standard InChI is InChI=1S/C28H16N2OS/c1-3-13-23-22(10-1)26-24(31-23)16-29-28(30-26)18-8-5-7-17(15-18)19-11-6-12-21-20-9-2-4-14-25(20)32-27(19)21/h1-16H. The number of benzene rings is 4. The summed E-state index contributed by atoms with van der Waals surface area (Å²) in [7, 11) is 0. The van der Waals surface area contributed by atoms with Crippen molar-refractivity contribution in [3.05, 3.63) is 97.2 Å². The number of hydrogen-bond acceptors (Lipinski definition) is 4. The lowest BCUT2D eigenvalue weighted by Gasteiger charge is -2.06. The van der Waals surface area contributed by atoms with Crippen LogP contribution in [0.4, 0.5) is 0 Å². The maximum atomic E-state index is 5.89. The molecule has 7 rings (SSSR count). The minimum Gasteiger partial charge on any atom is -0.453 e. The third-order valence-electron chi connectivity index (χ3n) is 5.95. The van der Waals surface area contributed by atoms with Gasteiger partial charge in [-0.15, -0.1) is 11.3 Å². The number of hydrogen-bond donors (Lipinski definition) is 0. The molecule has 32 heavy (non-hydrogen) atoms. The van der Waals surface area contributed by atoms with Gasteiger partial charge < -0.3 is 4.42 Å². The molecular weight excluding hydrogens is 412 g/mol. The second-order valence-corrected chi connectivity index (χ2v) is 8.92. The van der Waals surface area contributed by atoms with Crippen LogP contribution in [0, 0.1) is 0 Å². The molecule has 3 nitrogen and oxygen atoms in total. The van der Waals surface area contributed by atoms with Crippen molar-refractivity contribution in [1.29, 1.82) is 0 Å². The normalized spacial score (nSPS) is 11.8. The Morgan fingerprint density at radius 3 is 2.41 bits per heavy atom. The Morgan fingerprint density at radius 2 is 1.44 bits per heavy atom. The second kappa shape index (κ2) is 6.74. The molecule has 0 N–H and O–H groups in total. The molecule has 0 aliphatic heterocycles. The molecule has 4 heteroatoms. The highest BCUT2D eigenvalue weighted by molar-refractivity contribution is 7.26. The van der Waals surface area contributed by atoms with Crippen LogP contribution >= 0.6 is 11.3 Å². The van der Waals surface area contributed by atoms with E-state index in [0.717, 1.165) is 22.0 Å². The van der Waals surface area contributed by atoms with Crippen LogP contribution in [0.2, 0.25) is 0 Å². The first-order valence-corrected chi connectivity index (χ1v) is 11.3. The smallest absolute Gasteiger partial charge is 0.172 e. The Kier molecular flexibility index (Phi) is 3.72. The molecular formula is C28H16N2OS. The van der Waals surface area contributed by atoms with Crippen LogP contribution in [0.5, 0.6) is 0 Å². The molecule has 0 aliphatic carbocycles. The summed E-state index contributed by atoms with van der Waals surface area (Å²) in [5, 5.41) is 3.62. The molecule has 0 bridgehead atoms. The highest BCUT2D eigenvalue weighted by Crippen LogP contribution is 2.40. The van der Waals surface area contributed by atoms with Crippen molar-refractivity contribution >= 4 is 53.6 Å². The van der Waals surface area contributed by atoms with Crippen LogP contribution in [0.15, 0.2) is 102 Å². The van der Waals surface area contributed by atoms with Gasteiger partial charge in [0.2, 0.25) is 0 Å². The fraction of sp³-hybridized carbons (Fsp3) is 0. The van der Waals surface area contributed by atoms with Crippen LogP contribution in [-0.2, 0) is 0 Å². The minimum atomic E-state index is 0.703. The molecule has 3 aromatic heterocycles. The predicted octanol–water partition coefficient (Wildman–Crippen LogP) is 8.08. The zero-order valence-electron chi connectivity index (χ0n) is 16.9. The second-order valence-electron chi connectivity index (χ2n) is 7.87. The first-order chi connectivity index (χ1) is 15.8. The van der Waals surface area contributed by atoms with E-state index in [2.05, 4.69) is 71.7 Å². The fourth-order valence-corrected chi connectivity index (χ4v) is 5.69. The van der Waals surface area contributed by atoms with E-state index in [4.69, 9.17) is 9.40 Å². The van der Waals surface area contributed by atoms with E-state index in [0.29, 0.717) is 11.4 Å². The summed E-state index contributed by atoms with van der Waals surface area (Å²) in [6.45, 7) is 0. The Bertz CT molecular complexity index is 1790. The molecule has 0 radical (unpaired) electrons. The van der Waals surface area contributed by atoms with E-state index < -0.39 is 0 Å². The molecule has 7 aromatic rings. The summed E-state index contributed by atoms with van der Waals surface area (Å²) >= 11 is 1.85. The lowest BCUT2D eigenvalue weighted by Crippen LogP contribution is -1.89. The van der Waals surface area contributed by atoms with E-state index in [-0.39, 0.29) is 0 Å². The minimum absolute atomic E-state index is 0.703. The molecule has 0 atom stereocenters. The summed E-state index contributed by atoms with van der Waals surface area (Å²) in [6, 6.07) is 31.6. The van der Waals surface area contributed by atoms with Crippen LogP contribution in [0.3, 0.4) is 0 Å². The van der Waals surface area contributed by atoms with Gasteiger partial charge in [0.1, 0.15) is 11.1 Å². The van der Waals surface area contributed by atoms with Crippen LogP contribution in [-0.4, -0.2) is 9.97 Å². The lowest BCUT2D eigenvalue weighted by molar-refractivity contribution is 0.666. The van der Waals surface area contributed by atoms with E-state index in [1.807, 2.05) is 35.6 Å². The summed E-state index contributed by atoms with van der Waals surface area (Å²) in [5.74, 6) is 0.703. The van der Waals surface area contributed by atoms with Gasteiger partial charge in [0.25, 0.3) is 0 Å². The Morgan fingerprint density at radius 1 is 0.656 bits per heavy atom. The number of fused-ring (bicyclic) bond motifs is 6. The molecule has 0 fully saturated rings. The molecule has 0 saturated carbocycles. The van der Waals surface area contributed by atoms with Crippen LogP contribution in [0.1, 0.15) is 0 Å². The number of furan rings is 1. The van der Waals surface area contributed by atoms with E-state index in [1.165, 1.54) is 31.3 Å². The third-order valence-corrected chi connectivity index (χ3v) is 7.17. The molecule has 0 saturated heterocycles. The third kappa shape index (κ3) is 2.60. The van der Waals surface area contributed by atoms with E-state index in [9.17, 15) is 0 Å². The number of thiophene rings is 1. The zero-order valence-corrected chi connectivity index (χ0v) is 17.8. The largest absolute Gasteiger partial charge is 0.453 e. The Hall–Kier alpha value is -4.02. The zero-order chi connectivity index (χ0) is 21.1. The van der Waals surface area contributed by atoms with Gasteiger partial charge in [-0.2, -0.15) is 0 Å². The van der Waals surface area contributed by atoms with Gasteiger partial charge in [-0.3, -0.25) is 0 Å². The number of para-hydroxylation sites is 1. The molecule has 0 unspecified atom stereocenters. The van der Waals surface area contributed by atoms with Crippen molar-refractivity contribution in [2.24, 2.45) is 0 Å². The number of rotatable bonds is 2. The van der Waals surface area contributed by atoms with Gasteiger partial charge in [-0.1, -0.05) is 66.7 Å². The maximum Gasteiger partial charge on any atom is 0.172 e. The summed E-state index contributed by atoms with van der Waals surface area (Å²) < 4.78 is 8.51. The fourth-order valence-electron chi connectivity index (χ4n) is 4.45. The Labute approximate surface area is 187 Å². The molecule has 0 spiro atoms. The number of aromatic nitrogens is 2. The van der Waals surface area contributed by atoms with Gasteiger partial charge in [0.15, 0.2) is 11.4 Å². The molecule has 0 amide bonds. The quantitative estimate of drug-likeness (QED) is 0.279. The first-order valence-electron chi connectivity index (χ1n) is 10.5. The molecule has 3 heterocycles. The predicted molar refractivity (Wildman–Crippen MR) is 133 cm³/mol. The van der Waals surface area contributed by atoms with Crippen molar-refractivity contribution in [2.45, 2.75) is 0 Å². The lowest BCUT2D eigenvalue weighted by atomic mass is 10.0. The van der Waals surface area contributed by atoms with Crippen molar-refractivity contribution in [2.75, 3.05) is 0 Å². The number of nitrogens with zero attached hydrogens (tertiary/aromatic N) is 2. The van der Waals surface area contributed by atoms with E-state index in [1.54, 1.807) is 6.20 Å². The summed E-state index contributed by atoms with van der Waals surface area (Å²) in [4.78, 5) is 9.47.